The van der Waals surface area contributed by atoms with E-state index in [2.05, 4.69) is 10.6 Å². The maximum atomic E-state index is 12.2. The molecule has 176 valence electrons. The zero-order valence-electron chi connectivity index (χ0n) is 18.3. The number of aliphatic carboxylic acids is 1. The first-order chi connectivity index (χ1) is 15.3. The van der Waals surface area contributed by atoms with E-state index in [0.29, 0.717) is 43.4 Å². The summed E-state index contributed by atoms with van der Waals surface area (Å²) in [6.07, 6.45) is 0.201. The average Bonchev–Trinajstić information content (AvgIpc) is 2.77. The van der Waals surface area contributed by atoms with Crippen LogP contribution in [0.3, 0.4) is 0 Å². The third kappa shape index (κ3) is 9.59. The van der Waals surface area contributed by atoms with Gasteiger partial charge in [0.1, 0.15) is 6.04 Å². The van der Waals surface area contributed by atoms with Gasteiger partial charge in [-0.05, 0) is 31.4 Å². The van der Waals surface area contributed by atoms with E-state index in [1.807, 2.05) is 0 Å². The Hall–Kier alpha value is -3.43. The van der Waals surface area contributed by atoms with Gasteiger partial charge >= 0.3 is 12.1 Å². The predicted octanol–water partition coefficient (Wildman–Crippen LogP) is 2.66. The average molecular weight is 450 g/mol. The van der Waals surface area contributed by atoms with Crippen molar-refractivity contribution in [3.05, 3.63) is 35.4 Å². The smallest absolute Gasteiger partial charge is 0.410 e. The zero-order chi connectivity index (χ0) is 23.9. The molecular formula is C22H30N2O8. The Morgan fingerprint density at radius 1 is 1.03 bits per heavy atom. The molecule has 1 aromatic carbocycles. The van der Waals surface area contributed by atoms with Crippen LogP contribution in [0.1, 0.15) is 73.1 Å². The van der Waals surface area contributed by atoms with Gasteiger partial charge in [-0.15, -0.1) is 0 Å². The molecule has 0 bridgehead atoms. The van der Waals surface area contributed by atoms with Crippen LogP contribution in [0.4, 0.5) is 4.79 Å². The Balaban J connectivity index is 2.39. The molecule has 0 heterocycles. The lowest BCUT2D eigenvalue weighted by atomic mass is 10.1. The summed E-state index contributed by atoms with van der Waals surface area (Å²) in [5.41, 5.74) is 0.985. The van der Waals surface area contributed by atoms with Crippen molar-refractivity contribution in [2.45, 2.75) is 64.7 Å². The fourth-order valence-corrected chi connectivity index (χ4v) is 2.81. The third-order valence-electron chi connectivity index (χ3n) is 4.56. The fourth-order valence-electron chi connectivity index (χ4n) is 2.81. The van der Waals surface area contributed by atoms with Gasteiger partial charge in [0.2, 0.25) is 6.29 Å². The third-order valence-corrected chi connectivity index (χ3v) is 4.56. The lowest BCUT2D eigenvalue weighted by Crippen LogP contribution is -2.42. The molecule has 0 saturated carbocycles. The van der Waals surface area contributed by atoms with E-state index in [1.54, 1.807) is 38.1 Å². The minimum absolute atomic E-state index is 0.00352. The standard InChI is InChI=1S/C22H30N2O8/c1-3-7-17(21(28)29)24-22(30)32-19(31-14-25)8-5-6-13-23-20(27)16-11-9-15(10-12-16)18(26)4-2/h9-12,14,17,19H,3-8,13H2,1-2H3,(H,23,27)(H,24,30)(H,28,29)/t17-,19-/m0/s1. The van der Waals surface area contributed by atoms with Crippen molar-refractivity contribution in [1.82, 2.24) is 10.6 Å². The first-order valence-electron chi connectivity index (χ1n) is 10.5. The van der Waals surface area contributed by atoms with E-state index < -0.39 is 24.4 Å². The number of amides is 2. The number of carbonyl (C=O) groups excluding carboxylic acids is 4. The summed E-state index contributed by atoms with van der Waals surface area (Å²) in [5, 5.41) is 14.0. The van der Waals surface area contributed by atoms with Crippen LogP contribution in [0, 0.1) is 0 Å². The van der Waals surface area contributed by atoms with Crippen molar-refractivity contribution in [3.63, 3.8) is 0 Å². The van der Waals surface area contributed by atoms with E-state index in [4.69, 9.17) is 14.6 Å². The number of Topliss-reactive ketones (excluding diaryl/α,β-unsaturated/α-hetero) is 1. The predicted molar refractivity (Wildman–Crippen MR) is 114 cm³/mol. The number of carboxylic acid groups (broad SMARTS) is 1. The molecule has 0 spiro atoms. The zero-order valence-corrected chi connectivity index (χ0v) is 18.3. The first-order valence-corrected chi connectivity index (χ1v) is 10.5. The van der Waals surface area contributed by atoms with Gasteiger partial charge in [0.15, 0.2) is 5.78 Å². The number of hydrogen-bond acceptors (Lipinski definition) is 7. The number of carbonyl (C=O) groups is 5. The summed E-state index contributed by atoms with van der Waals surface area (Å²) in [5.74, 6) is -1.46. The molecule has 2 amide bonds. The SMILES string of the molecule is CCC[C@H](NC(=O)O[C@@H](CCCCNC(=O)c1ccc(C(=O)CC)cc1)OC=O)C(=O)O. The highest BCUT2D eigenvalue weighted by Crippen LogP contribution is 2.09. The number of ketones is 1. The molecule has 3 N–H and O–H groups in total. The molecule has 0 radical (unpaired) electrons. The topological polar surface area (TPSA) is 148 Å². The number of hydrogen-bond donors (Lipinski definition) is 3. The number of unbranched alkanes of at least 4 members (excludes halogenated alkanes) is 1. The van der Waals surface area contributed by atoms with Crippen molar-refractivity contribution in [2.24, 2.45) is 0 Å². The minimum Gasteiger partial charge on any atom is -0.480 e. The Morgan fingerprint density at radius 2 is 1.69 bits per heavy atom. The second kappa shape index (κ2) is 14.6. The molecule has 1 aromatic rings. The first kappa shape index (κ1) is 26.6. The highest BCUT2D eigenvalue weighted by atomic mass is 16.7. The van der Waals surface area contributed by atoms with Crippen LogP contribution in [-0.2, 0) is 19.1 Å². The lowest BCUT2D eigenvalue weighted by Gasteiger charge is -2.18. The Kier molecular flexibility index (Phi) is 12.1. The highest BCUT2D eigenvalue weighted by molar-refractivity contribution is 5.98. The normalized spacial score (nSPS) is 12.2. The molecular weight excluding hydrogens is 420 g/mol. The molecule has 10 heteroatoms. The van der Waals surface area contributed by atoms with Crippen molar-refractivity contribution in [3.8, 4) is 0 Å². The number of alkyl carbamates (subject to hydrolysis) is 1. The Bertz CT molecular complexity index is 779. The molecule has 0 saturated heterocycles. The second-order valence-electron chi connectivity index (χ2n) is 7.00. The summed E-state index contributed by atoms with van der Waals surface area (Å²) < 4.78 is 9.70. The molecule has 0 aromatic heterocycles. The summed E-state index contributed by atoms with van der Waals surface area (Å²) in [4.78, 5) is 57.4. The van der Waals surface area contributed by atoms with Gasteiger partial charge in [-0.25, -0.2) is 9.59 Å². The van der Waals surface area contributed by atoms with Gasteiger partial charge in [0, 0.05) is 30.5 Å². The monoisotopic (exact) mass is 450 g/mol. The molecule has 0 aliphatic rings. The van der Waals surface area contributed by atoms with Crippen LogP contribution >= 0.6 is 0 Å². The van der Waals surface area contributed by atoms with Gasteiger partial charge in [-0.1, -0.05) is 32.4 Å². The summed E-state index contributed by atoms with van der Waals surface area (Å²) in [6.45, 7) is 4.03. The molecule has 0 aliphatic carbocycles. The number of carboxylic acids is 1. The second-order valence-corrected chi connectivity index (χ2v) is 7.00. The lowest BCUT2D eigenvalue weighted by molar-refractivity contribution is -0.154. The highest BCUT2D eigenvalue weighted by Gasteiger charge is 2.22. The largest absolute Gasteiger partial charge is 0.480 e. The van der Waals surface area contributed by atoms with Gasteiger partial charge in [-0.2, -0.15) is 0 Å². The van der Waals surface area contributed by atoms with Crippen LogP contribution in [0.5, 0.6) is 0 Å². The van der Waals surface area contributed by atoms with Crippen molar-refractivity contribution < 1.29 is 38.6 Å². The molecule has 2 atom stereocenters. The maximum Gasteiger partial charge on any atom is 0.410 e. The van der Waals surface area contributed by atoms with Crippen LogP contribution in [0.25, 0.3) is 0 Å². The number of nitrogens with one attached hydrogen (secondary N) is 2. The van der Waals surface area contributed by atoms with E-state index in [0.717, 1.165) is 0 Å². The van der Waals surface area contributed by atoms with Crippen LogP contribution in [0.2, 0.25) is 0 Å². The van der Waals surface area contributed by atoms with E-state index in [9.17, 15) is 24.0 Å². The molecule has 32 heavy (non-hydrogen) atoms. The van der Waals surface area contributed by atoms with Crippen LogP contribution in [0.15, 0.2) is 24.3 Å². The number of rotatable bonds is 15. The quantitative estimate of drug-likeness (QED) is 0.160. The number of benzene rings is 1. The Labute approximate surface area is 186 Å². The van der Waals surface area contributed by atoms with Gasteiger partial charge < -0.3 is 25.2 Å². The fraction of sp³-hybridized carbons (Fsp3) is 0.500. The van der Waals surface area contributed by atoms with E-state index in [-0.39, 0.29) is 31.0 Å². The maximum absolute atomic E-state index is 12.2. The van der Waals surface area contributed by atoms with Crippen molar-refractivity contribution in [2.75, 3.05) is 6.54 Å². The minimum atomic E-state index is -1.18. The van der Waals surface area contributed by atoms with E-state index >= 15 is 0 Å². The molecule has 0 unspecified atom stereocenters. The van der Waals surface area contributed by atoms with Gasteiger partial charge in [0.05, 0.1) is 0 Å². The van der Waals surface area contributed by atoms with Gasteiger partial charge in [-0.3, -0.25) is 14.4 Å². The van der Waals surface area contributed by atoms with Crippen molar-refractivity contribution in [1.29, 1.82) is 0 Å². The van der Waals surface area contributed by atoms with Crippen LogP contribution in [-0.4, -0.2) is 54.2 Å². The summed E-state index contributed by atoms with van der Waals surface area (Å²) in [6, 6.07) is 5.30. The molecule has 0 fully saturated rings. The van der Waals surface area contributed by atoms with E-state index in [1.165, 1.54) is 0 Å². The number of ether oxygens (including phenoxy) is 2. The Morgan fingerprint density at radius 3 is 2.25 bits per heavy atom. The van der Waals surface area contributed by atoms with Crippen molar-refractivity contribution >= 4 is 30.2 Å². The molecule has 10 nitrogen and oxygen atoms in total. The van der Waals surface area contributed by atoms with Crippen LogP contribution < -0.4 is 10.6 Å². The summed E-state index contributed by atoms with van der Waals surface area (Å²) >= 11 is 0. The van der Waals surface area contributed by atoms with Gasteiger partial charge in [0.25, 0.3) is 12.4 Å². The molecule has 1 rings (SSSR count). The summed E-state index contributed by atoms with van der Waals surface area (Å²) in [7, 11) is 0. The molecule has 0 aliphatic heterocycles.